The third kappa shape index (κ3) is 3.87. The minimum Gasteiger partial charge on any atom is -0.462 e. The molecule has 2 aliphatic rings. The summed E-state index contributed by atoms with van der Waals surface area (Å²) in [6, 6.07) is 0. The molecule has 4 heteroatoms. The molecular weight excluding hydrogens is 328 g/mol. The number of carbonyl (C=O) groups is 1. The number of carbonyl (C=O) groups excluding carboxylic acids is 1. The number of hydrogen-bond acceptors (Lipinski definition) is 4. The summed E-state index contributed by atoms with van der Waals surface area (Å²) in [5.74, 6) is 0.248. The van der Waals surface area contributed by atoms with Crippen LogP contribution in [0.15, 0.2) is 12.7 Å². The van der Waals surface area contributed by atoms with Gasteiger partial charge in [-0.3, -0.25) is 4.79 Å². The molecule has 150 valence electrons. The average Bonchev–Trinajstić information content (AvgIpc) is 2.48. The van der Waals surface area contributed by atoms with Crippen molar-refractivity contribution < 1.29 is 19.7 Å². The second kappa shape index (κ2) is 6.94. The Labute approximate surface area is 159 Å². The highest BCUT2D eigenvalue weighted by Gasteiger charge is 2.60. The summed E-state index contributed by atoms with van der Waals surface area (Å²) in [4.78, 5) is 11.6. The molecule has 0 bridgehead atoms. The van der Waals surface area contributed by atoms with Gasteiger partial charge in [-0.25, -0.2) is 0 Å². The van der Waals surface area contributed by atoms with E-state index >= 15 is 0 Å². The third-order valence-electron chi connectivity index (χ3n) is 7.64. The van der Waals surface area contributed by atoms with Crippen LogP contribution in [0.2, 0.25) is 0 Å². The predicted molar refractivity (Wildman–Crippen MR) is 104 cm³/mol. The van der Waals surface area contributed by atoms with Crippen molar-refractivity contribution >= 4 is 5.97 Å². The maximum Gasteiger partial charge on any atom is 0.302 e. The van der Waals surface area contributed by atoms with E-state index in [1.165, 1.54) is 6.92 Å². The quantitative estimate of drug-likeness (QED) is 0.564. The van der Waals surface area contributed by atoms with E-state index in [0.29, 0.717) is 12.3 Å². The van der Waals surface area contributed by atoms with Crippen molar-refractivity contribution in [2.45, 2.75) is 97.4 Å². The zero-order valence-corrected chi connectivity index (χ0v) is 17.5. The van der Waals surface area contributed by atoms with E-state index < -0.39 is 11.2 Å². The van der Waals surface area contributed by atoms with Gasteiger partial charge in [-0.1, -0.05) is 26.8 Å². The largest absolute Gasteiger partial charge is 0.462 e. The highest BCUT2D eigenvalue weighted by atomic mass is 16.5. The molecule has 0 unspecified atom stereocenters. The molecular formula is C22H38O4. The van der Waals surface area contributed by atoms with Gasteiger partial charge in [-0.15, -0.1) is 6.58 Å². The first-order chi connectivity index (χ1) is 11.8. The molecule has 4 nitrogen and oxygen atoms in total. The third-order valence-corrected chi connectivity index (χ3v) is 7.64. The summed E-state index contributed by atoms with van der Waals surface area (Å²) in [5, 5.41) is 21.6. The lowest BCUT2D eigenvalue weighted by atomic mass is 9.44. The van der Waals surface area contributed by atoms with E-state index in [4.69, 9.17) is 4.74 Å². The molecule has 0 aromatic heterocycles. The van der Waals surface area contributed by atoms with Crippen LogP contribution in [-0.2, 0) is 9.53 Å². The van der Waals surface area contributed by atoms with Gasteiger partial charge in [0.1, 0.15) is 6.10 Å². The van der Waals surface area contributed by atoms with Gasteiger partial charge >= 0.3 is 5.97 Å². The van der Waals surface area contributed by atoms with Crippen LogP contribution >= 0.6 is 0 Å². The van der Waals surface area contributed by atoms with Crippen molar-refractivity contribution in [1.29, 1.82) is 0 Å². The van der Waals surface area contributed by atoms with Crippen LogP contribution in [0.25, 0.3) is 0 Å². The molecule has 0 spiro atoms. The van der Waals surface area contributed by atoms with Gasteiger partial charge < -0.3 is 14.9 Å². The van der Waals surface area contributed by atoms with Gasteiger partial charge in [0.05, 0.1) is 11.2 Å². The number of fused-ring (bicyclic) bond motifs is 1. The Hall–Kier alpha value is -0.870. The van der Waals surface area contributed by atoms with Crippen molar-refractivity contribution in [2.75, 3.05) is 0 Å². The second-order valence-corrected chi connectivity index (χ2v) is 10.1. The number of ether oxygens (including phenoxy) is 1. The van der Waals surface area contributed by atoms with Gasteiger partial charge in [0, 0.05) is 12.3 Å². The Kier molecular flexibility index (Phi) is 5.72. The minimum atomic E-state index is -0.913. The highest BCUT2D eigenvalue weighted by molar-refractivity contribution is 5.66. The molecule has 6 atom stereocenters. The Balaban J connectivity index is 2.31. The first-order valence-electron chi connectivity index (χ1n) is 10.0. The van der Waals surface area contributed by atoms with Crippen molar-refractivity contribution in [2.24, 2.45) is 22.7 Å². The standard InChI is InChI=1S/C22H38O4/c1-8-20(5,24)12-9-17-21(6)13-11-18(26-15(2)23)19(3,4)16(21)10-14-22(17,7)25/h8,16-18,24-25H,1,9-14H2,2-7H3/t16-,17+,18+,20-,21-,22+/m0/s1. The summed E-state index contributed by atoms with van der Waals surface area (Å²) in [6.45, 7) is 15.7. The van der Waals surface area contributed by atoms with E-state index in [1.54, 1.807) is 13.0 Å². The molecule has 2 fully saturated rings. The van der Waals surface area contributed by atoms with Crippen LogP contribution in [-0.4, -0.2) is 33.5 Å². The lowest BCUT2D eigenvalue weighted by Crippen LogP contribution is -2.61. The Morgan fingerprint density at radius 2 is 1.88 bits per heavy atom. The van der Waals surface area contributed by atoms with Crippen LogP contribution < -0.4 is 0 Å². The summed E-state index contributed by atoms with van der Waals surface area (Å²) in [6.07, 6.45) is 6.29. The smallest absolute Gasteiger partial charge is 0.302 e. The van der Waals surface area contributed by atoms with Gasteiger partial charge in [0.15, 0.2) is 0 Å². The fourth-order valence-corrected chi connectivity index (χ4v) is 6.09. The average molecular weight is 367 g/mol. The fraction of sp³-hybridized carbons (Fsp3) is 0.864. The maximum atomic E-state index is 11.6. The molecule has 26 heavy (non-hydrogen) atoms. The van der Waals surface area contributed by atoms with E-state index in [-0.39, 0.29) is 28.8 Å². The number of aliphatic hydroxyl groups is 2. The number of hydrogen-bond donors (Lipinski definition) is 2. The van der Waals surface area contributed by atoms with E-state index in [2.05, 4.69) is 27.4 Å². The minimum absolute atomic E-state index is 0.0425. The topological polar surface area (TPSA) is 66.8 Å². The van der Waals surface area contributed by atoms with Gasteiger partial charge in [-0.05, 0) is 69.6 Å². The molecule has 2 aliphatic carbocycles. The van der Waals surface area contributed by atoms with E-state index in [1.807, 2.05) is 6.92 Å². The van der Waals surface area contributed by atoms with E-state index in [0.717, 1.165) is 32.1 Å². The molecule has 0 aliphatic heterocycles. The van der Waals surface area contributed by atoms with Crippen molar-refractivity contribution in [3.05, 3.63) is 12.7 Å². The number of esters is 1. The predicted octanol–water partition coefficient (Wildman–Crippen LogP) is 4.24. The van der Waals surface area contributed by atoms with Crippen molar-refractivity contribution in [3.63, 3.8) is 0 Å². The first kappa shape index (κ1) is 21.4. The molecule has 0 saturated heterocycles. The zero-order chi connectivity index (χ0) is 20.0. The second-order valence-electron chi connectivity index (χ2n) is 10.1. The van der Waals surface area contributed by atoms with Crippen LogP contribution in [0.5, 0.6) is 0 Å². The maximum absolute atomic E-state index is 11.6. The van der Waals surface area contributed by atoms with Crippen LogP contribution in [0.3, 0.4) is 0 Å². The highest BCUT2D eigenvalue weighted by Crippen LogP contribution is 2.63. The molecule has 2 N–H and O–H groups in total. The molecule has 0 aromatic carbocycles. The van der Waals surface area contributed by atoms with Crippen molar-refractivity contribution in [1.82, 2.24) is 0 Å². The van der Waals surface area contributed by atoms with Gasteiger partial charge in [0.25, 0.3) is 0 Å². The fourth-order valence-electron chi connectivity index (χ4n) is 6.09. The molecule has 2 rings (SSSR count). The molecule has 0 aromatic rings. The Morgan fingerprint density at radius 1 is 1.27 bits per heavy atom. The van der Waals surface area contributed by atoms with Gasteiger partial charge in [0.2, 0.25) is 0 Å². The molecule has 2 saturated carbocycles. The zero-order valence-electron chi connectivity index (χ0n) is 17.5. The summed E-state index contributed by atoms with van der Waals surface area (Å²) in [7, 11) is 0. The molecule has 0 amide bonds. The molecule has 0 radical (unpaired) electrons. The van der Waals surface area contributed by atoms with Gasteiger partial charge in [-0.2, -0.15) is 0 Å². The monoisotopic (exact) mass is 366 g/mol. The van der Waals surface area contributed by atoms with Crippen LogP contribution in [0.4, 0.5) is 0 Å². The normalized spacial score (nSPS) is 41.6. The Bertz CT molecular complexity index is 548. The lowest BCUT2D eigenvalue weighted by molar-refractivity contribution is -0.208. The lowest BCUT2D eigenvalue weighted by Gasteiger charge is -2.62. The summed E-state index contributed by atoms with van der Waals surface area (Å²) >= 11 is 0. The first-order valence-corrected chi connectivity index (χ1v) is 10.0. The summed E-state index contributed by atoms with van der Waals surface area (Å²) in [5.41, 5.74) is -1.83. The summed E-state index contributed by atoms with van der Waals surface area (Å²) < 4.78 is 5.66. The van der Waals surface area contributed by atoms with E-state index in [9.17, 15) is 15.0 Å². The molecule has 0 heterocycles. The van der Waals surface area contributed by atoms with Crippen LogP contribution in [0.1, 0.15) is 80.1 Å². The Morgan fingerprint density at radius 3 is 2.42 bits per heavy atom. The van der Waals surface area contributed by atoms with Crippen LogP contribution in [0, 0.1) is 22.7 Å². The van der Waals surface area contributed by atoms with Crippen molar-refractivity contribution in [3.8, 4) is 0 Å². The SMILES string of the molecule is C=C[C@](C)(O)CC[C@@H]1[C@@]2(C)CC[C@@H](OC(C)=O)C(C)(C)[C@@H]2CC[C@@]1(C)O. The number of rotatable bonds is 5.